The van der Waals surface area contributed by atoms with Crippen molar-refractivity contribution in [2.75, 3.05) is 19.6 Å². The lowest BCUT2D eigenvalue weighted by atomic mass is 10.00. The fourth-order valence-corrected chi connectivity index (χ4v) is 2.98. The number of likely N-dealkylation sites (N-methyl/N-ethyl adjacent to an activating group) is 1. The van der Waals surface area contributed by atoms with Crippen molar-refractivity contribution in [3.05, 3.63) is 29.8 Å². The first kappa shape index (κ1) is 13.4. The second kappa shape index (κ2) is 6.21. The van der Waals surface area contributed by atoms with Crippen molar-refractivity contribution in [2.45, 2.75) is 38.8 Å². The van der Waals surface area contributed by atoms with Gasteiger partial charge in [0.1, 0.15) is 5.75 Å². The van der Waals surface area contributed by atoms with E-state index in [1.165, 1.54) is 12.8 Å². The molecule has 1 aromatic carbocycles. The van der Waals surface area contributed by atoms with Gasteiger partial charge >= 0.3 is 0 Å². The Labute approximate surface area is 110 Å². The second-order valence-corrected chi connectivity index (χ2v) is 5.07. The fraction of sp³-hybridized carbons (Fsp3) is 0.600. The molecule has 0 bridgehead atoms. The number of para-hydroxylation sites is 1. The van der Waals surface area contributed by atoms with E-state index in [9.17, 15) is 5.11 Å². The topological polar surface area (TPSA) is 35.5 Å². The number of benzene rings is 1. The van der Waals surface area contributed by atoms with Crippen molar-refractivity contribution in [1.29, 1.82) is 0 Å². The van der Waals surface area contributed by atoms with Gasteiger partial charge in [0.15, 0.2) is 0 Å². The molecule has 1 fully saturated rings. The molecule has 0 saturated carbocycles. The Hall–Kier alpha value is -1.06. The van der Waals surface area contributed by atoms with Crippen LogP contribution in [0.25, 0.3) is 0 Å². The summed E-state index contributed by atoms with van der Waals surface area (Å²) in [7, 11) is 0. The molecule has 2 rings (SSSR count). The van der Waals surface area contributed by atoms with E-state index in [2.05, 4.69) is 24.1 Å². The number of phenols is 1. The Balaban J connectivity index is 2.14. The number of hydrogen-bond acceptors (Lipinski definition) is 3. The monoisotopic (exact) mass is 248 g/mol. The molecule has 1 aliphatic heterocycles. The molecule has 1 aliphatic rings. The van der Waals surface area contributed by atoms with E-state index >= 15 is 0 Å². The number of rotatable bonds is 4. The lowest BCUT2D eigenvalue weighted by molar-refractivity contribution is 0.126. The van der Waals surface area contributed by atoms with Gasteiger partial charge in [-0.3, -0.25) is 4.90 Å². The molecule has 3 nitrogen and oxygen atoms in total. The van der Waals surface area contributed by atoms with Crippen molar-refractivity contribution < 1.29 is 5.11 Å². The van der Waals surface area contributed by atoms with E-state index in [-0.39, 0.29) is 6.04 Å². The van der Waals surface area contributed by atoms with Gasteiger partial charge in [0.25, 0.3) is 0 Å². The largest absolute Gasteiger partial charge is 0.508 e. The third-order valence-electron chi connectivity index (χ3n) is 3.99. The minimum atomic E-state index is 0.265. The molecule has 100 valence electrons. The van der Waals surface area contributed by atoms with Gasteiger partial charge in [0, 0.05) is 24.2 Å². The number of nitrogens with one attached hydrogen (secondary N) is 1. The van der Waals surface area contributed by atoms with Crippen LogP contribution in [0.5, 0.6) is 5.75 Å². The Bertz CT molecular complexity index is 375. The zero-order valence-electron chi connectivity index (χ0n) is 11.4. The molecular weight excluding hydrogens is 224 g/mol. The van der Waals surface area contributed by atoms with Crippen molar-refractivity contribution >= 4 is 0 Å². The predicted molar refractivity (Wildman–Crippen MR) is 74.8 cm³/mol. The predicted octanol–water partition coefficient (Wildman–Crippen LogP) is 2.53. The second-order valence-electron chi connectivity index (χ2n) is 5.07. The van der Waals surface area contributed by atoms with E-state index in [0.29, 0.717) is 11.8 Å². The number of hydrogen-bond donors (Lipinski definition) is 2. The zero-order chi connectivity index (χ0) is 13.0. The molecular formula is C15H24N2O. The third kappa shape index (κ3) is 2.85. The summed E-state index contributed by atoms with van der Waals surface area (Å²) in [5.74, 6) is 0.409. The smallest absolute Gasteiger partial charge is 0.120 e. The Morgan fingerprint density at radius 3 is 2.83 bits per heavy atom. The van der Waals surface area contributed by atoms with Crippen LogP contribution in [-0.4, -0.2) is 35.7 Å². The van der Waals surface area contributed by atoms with Crippen LogP contribution in [0.3, 0.4) is 0 Å². The summed E-state index contributed by atoms with van der Waals surface area (Å²) in [5.41, 5.74) is 1.03. The summed E-state index contributed by atoms with van der Waals surface area (Å²) < 4.78 is 0. The SMILES string of the molecule is CCN(C1CCCNC1)C(C)c1ccccc1O. The molecule has 3 heteroatoms. The quantitative estimate of drug-likeness (QED) is 0.859. The lowest BCUT2D eigenvalue weighted by Crippen LogP contribution is -2.46. The van der Waals surface area contributed by atoms with Gasteiger partial charge in [0.2, 0.25) is 0 Å². The number of aromatic hydroxyl groups is 1. The van der Waals surface area contributed by atoms with Gasteiger partial charge in [-0.25, -0.2) is 0 Å². The zero-order valence-corrected chi connectivity index (χ0v) is 11.4. The van der Waals surface area contributed by atoms with Gasteiger partial charge < -0.3 is 10.4 Å². The first-order chi connectivity index (χ1) is 8.74. The van der Waals surface area contributed by atoms with Crippen molar-refractivity contribution in [3.63, 3.8) is 0 Å². The van der Waals surface area contributed by atoms with Crippen LogP contribution in [0.1, 0.15) is 38.3 Å². The fourth-order valence-electron chi connectivity index (χ4n) is 2.98. The van der Waals surface area contributed by atoms with E-state index in [1.807, 2.05) is 18.2 Å². The summed E-state index contributed by atoms with van der Waals surface area (Å²) in [6, 6.07) is 8.53. The minimum absolute atomic E-state index is 0.265. The molecule has 1 saturated heterocycles. The van der Waals surface area contributed by atoms with Crippen LogP contribution in [0.2, 0.25) is 0 Å². The lowest BCUT2D eigenvalue weighted by Gasteiger charge is -2.38. The summed E-state index contributed by atoms with van der Waals surface area (Å²) >= 11 is 0. The maximum atomic E-state index is 9.98. The van der Waals surface area contributed by atoms with Gasteiger partial charge in [-0.2, -0.15) is 0 Å². The molecule has 0 radical (unpaired) electrons. The van der Waals surface area contributed by atoms with Crippen LogP contribution in [-0.2, 0) is 0 Å². The highest BCUT2D eigenvalue weighted by Gasteiger charge is 2.25. The van der Waals surface area contributed by atoms with E-state index in [1.54, 1.807) is 6.07 Å². The molecule has 2 unspecified atom stereocenters. The van der Waals surface area contributed by atoms with Gasteiger partial charge in [-0.05, 0) is 38.9 Å². The average molecular weight is 248 g/mol. The maximum absolute atomic E-state index is 9.98. The van der Waals surface area contributed by atoms with Crippen LogP contribution >= 0.6 is 0 Å². The third-order valence-corrected chi connectivity index (χ3v) is 3.99. The average Bonchev–Trinajstić information content (AvgIpc) is 2.41. The molecule has 1 heterocycles. The van der Waals surface area contributed by atoms with Gasteiger partial charge in [-0.1, -0.05) is 25.1 Å². The maximum Gasteiger partial charge on any atom is 0.120 e. The summed E-state index contributed by atoms with van der Waals surface area (Å²) in [4.78, 5) is 2.49. The number of piperidine rings is 1. The first-order valence-corrected chi connectivity index (χ1v) is 6.98. The van der Waals surface area contributed by atoms with Crippen LogP contribution in [0.4, 0.5) is 0 Å². The molecule has 0 amide bonds. The minimum Gasteiger partial charge on any atom is -0.508 e. The van der Waals surface area contributed by atoms with E-state index in [4.69, 9.17) is 0 Å². The summed E-state index contributed by atoms with van der Waals surface area (Å²) in [5, 5.41) is 13.4. The summed E-state index contributed by atoms with van der Waals surface area (Å²) in [6.07, 6.45) is 2.49. The van der Waals surface area contributed by atoms with Crippen LogP contribution in [0.15, 0.2) is 24.3 Å². The molecule has 0 spiro atoms. The molecule has 1 aromatic rings. The molecule has 2 N–H and O–H groups in total. The highest BCUT2D eigenvalue weighted by molar-refractivity contribution is 5.34. The van der Waals surface area contributed by atoms with Crippen molar-refractivity contribution in [3.8, 4) is 5.75 Å². The Kier molecular flexibility index (Phi) is 4.61. The first-order valence-electron chi connectivity index (χ1n) is 6.98. The highest BCUT2D eigenvalue weighted by atomic mass is 16.3. The van der Waals surface area contributed by atoms with Crippen LogP contribution in [0, 0.1) is 0 Å². The van der Waals surface area contributed by atoms with E-state index < -0.39 is 0 Å². The van der Waals surface area contributed by atoms with Gasteiger partial charge in [-0.15, -0.1) is 0 Å². The molecule has 2 atom stereocenters. The highest BCUT2D eigenvalue weighted by Crippen LogP contribution is 2.30. The number of phenolic OH excluding ortho intramolecular Hbond substituents is 1. The van der Waals surface area contributed by atoms with Crippen molar-refractivity contribution in [2.24, 2.45) is 0 Å². The normalized spacial score (nSPS) is 22.1. The van der Waals surface area contributed by atoms with Gasteiger partial charge in [0.05, 0.1) is 0 Å². The Morgan fingerprint density at radius 2 is 2.22 bits per heavy atom. The molecule has 18 heavy (non-hydrogen) atoms. The van der Waals surface area contributed by atoms with Crippen LogP contribution < -0.4 is 5.32 Å². The molecule has 0 aromatic heterocycles. The van der Waals surface area contributed by atoms with E-state index in [0.717, 1.165) is 25.2 Å². The Morgan fingerprint density at radius 1 is 1.44 bits per heavy atom. The number of nitrogens with zero attached hydrogens (tertiary/aromatic N) is 1. The standard InChI is InChI=1S/C15H24N2O/c1-3-17(13-7-6-10-16-11-13)12(2)14-8-4-5-9-15(14)18/h4-5,8-9,12-13,16,18H,3,6-7,10-11H2,1-2H3. The molecule has 0 aliphatic carbocycles. The summed E-state index contributed by atoms with van der Waals surface area (Å²) in [6.45, 7) is 7.60. The van der Waals surface area contributed by atoms with Crippen molar-refractivity contribution in [1.82, 2.24) is 10.2 Å².